The molecular formula is C19H16F5NO3. The first-order valence-corrected chi connectivity index (χ1v) is 8.07. The fourth-order valence-corrected chi connectivity index (χ4v) is 2.67. The van der Waals surface area contributed by atoms with E-state index in [-0.39, 0.29) is 11.1 Å². The number of carbonyl (C=O) groups is 2. The van der Waals surface area contributed by atoms with Crippen molar-refractivity contribution in [2.45, 2.75) is 25.1 Å². The number of rotatable bonds is 6. The first kappa shape index (κ1) is 21.3. The molecule has 0 fully saturated rings. The van der Waals surface area contributed by atoms with Gasteiger partial charge in [0.1, 0.15) is 17.7 Å². The third-order valence-electron chi connectivity index (χ3n) is 3.85. The predicted octanol–water partition coefficient (Wildman–Crippen LogP) is 3.43. The maximum Gasteiger partial charge on any atom is 0.416 e. The highest BCUT2D eigenvalue weighted by Crippen LogP contribution is 2.32. The van der Waals surface area contributed by atoms with E-state index in [0.717, 1.165) is 25.3 Å². The lowest BCUT2D eigenvalue weighted by atomic mass is 9.99. The second kappa shape index (κ2) is 8.81. The van der Waals surface area contributed by atoms with Crippen molar-refractivity contribution < 1.29 is 36.3 Å². The Morgan fingerprint density at radius 2 is 1.68 bits per heavy atom. The summed E-state index contributed by atoms with van der Waals surface area (Å²) >= 11 is 0. The second-order valence-electron chi connectivity index (χ2n) is 5.96. The standard InChI is InChI=1S/C19H16F5NO3/c1-28-18(27)16(9-12-4-2-3-5-15(12)19(22,23)24)25-17(26)8-11-6-13(20)10-14(21)7-11/h2-7,10,16H,8-9H2,1H3,(H,25,26)/t16-/m1/s1. The molecule has 0 radical (unpaired) electrons. The Kier molecular flexibility index (Phi) is 6.71. The van der Waals surface area contributed by atoms with Crippen molar-refractivity contribution in [3.63, 3.8) is 0 Å². The van der Waals surface area contributed by atoms with Crippen molar-refractivity contribution in [1.82, 2.24) is 5.32 Å². The molecule has 4 nitrogen and oxygen atoms in total. The zero-order chi connectivity index (χ0) is 20.9. The number of hydrogen-bond donors (Lipinski definition) is 1. The average molecular weight is 401 g/mol. The summed E-state index contributed by atoms with van der Waals surface area (Å²) < 4.78 is 70.4. The SMILES string of the molecule is COC(=O)[C@@H](Cc1ccccc1C(F)(F)F)NC(=O)Cc1cc(F)cc(F)c1. The summed E-state index contributed by atoms with van der Waals surface area (Å²) in [6.07, 6.45) is -5.57. The molecular weight excluding hydrogens is 385 g/mol. The predicted molar refractivity (Wildman–Crippen MR) is 89.2 cm³/mol. The lowest BCUT2D eigenvalue weighted by Gasteiger charge is -2.19. The molecule has 2 aromatic rings. The van der Waals surface area contributed by atoms with Gasteiger partial charge in [-0.15, -0.1) is 0 Å². The quantitative estimate of drug-likeness (QED) is 0.596. The Bertz CT molecular complexity index is 847. The van der Waals surface area contributed by atoms with Gasteiger partial charge >= 0.3 is 12.1 Å². The third-order valence-corrected chi connectivity index (χ3v) is 3.85. The van der Waals surface area contributed by atoms with Crippen molar-refractivity contribution in [3.05, 3.63) is 70.8 Å². The van der Waals surface area contributed by atoms with Gasteiger partial charge in [-0.1, -0.05) is 18.2 Å². The van der Waals surface area contributed by atoms with Crippen LogP contribution in [0.2, 0.25) is 0 Å². The number of carbonyl (C=O) groups excluding carboxylic acids is 2. The highest BCUT2D eigenvalue weighted by molar-refractivity contribution is 5.85. The number of esters is 1. The van der Waals surface area contributed by atoms with Gasteiger partial charge in [0.05, 0.1) is 19.1 Å². The fraction of sp³-hybridized carbons (Fsp3) is 0.263. The molecule has 0 aromatic heterocycles. The van der Waals surface area contributed by atoms with Crippen LogP contribution in [0.25, 0.3) is 0 Å². The van der Waals surface area contributed by atoms with Crippen LogP contribution in [0.15, 0.2) is 42.5 Å². The minimum atomic E-state index is -4.64. The topological polar surface area (TPSA) is 55.4 Å². The minimum absolute atomic E-state index is 0.00862. The number of halogens is 5. The Balaban J connectivity index is 2.19. The normalized spacial score (nSPS) is 12.4. The Morgan fingerprint density at radius 1 is 1.07 bits per heavy atom. The summed E-state index contributed by atoms with van der Waals surface area (Å²) in [5, 5.41) is 2.26. The van der Waals surface area contributed by atoms with Crippen LogP contribution in [-0.2, 0) is 33.3 Å². The van der Waals surface area contributed by atoms with Crippen LogP contribution < -0.4 is 5.32 Å². The van der Waals surface area contributed by atoms with Gasteiger partial charge < -0.3 is 10.1 Å². The summed E-state index contributed by atoms with van der Waals surface area (Å²) in [4.78, 5) is 24.1. The zero-order valence-electron chi connectivity index (χ0n) is 14.6. The van der Waals surface area contributed by atoms with Crippen molar-refractivity contribution in [2.24, 2.45) is 0 Å². The lowest BCUT2D eigenvalue weighted by molar-refractivity contribution is -0.145. The highest BCUT2D eigenvalue weighted by Gasteiger charge is 2.34. The van der Waals surface area contributed by atoms with Gasteiger partial charge in [-0.25, -0.2) is 13.6 Å². The van der Waals surface area contributed by atoms with Crippen LogP contribution in [0.5, 0.6) is 0 Å². The molecule has 1 N–H and O–H groups in total. The third kappa shape index (κ3) is 5.77. The molecule has 1 atom stereocenters. The number of ether oxygens (including phenoxy) is 1. The first-order valence-electron chi connectivity index (χ1n) is 8.07. The molecule has 0 unspecified atom stereocenters. The maximum atomic E-state index is 13.2. The van der Waals surface area contributed by atoms with E-state index in [0.29, 0.717) is 6.07 Å². The summed E-state index contributed by atoms with van der Waals surface area (Å²) in [5.74, 6) is -3.52. The van der Waals surface area contributed by atoms with Gasteiger partial charge in [0.25, 0.3) is 0 Å². The van der Waals surface area contributed by atoms with E-state index in [1.165, 1.54) is 18.2 Å². The molecule has 0 aliphatic heterocycles. The van der Waals surface area contributed by atoms with E-state index in [2.05, 4.69) is 10.1 Å². The smallest absolute Gasteiger partial charge is 0.416 e. The largest absolute Gasteiger partial charge is 0.467 e. The molecule has 0 spiro atoms. The Hall–Kier alpha value is -2.97. The molecule has 9 heteroatoms. The summed E-state index contributed by atoms with van der Waals surface area (Å²) in [6, 6.07) is 5.73. The van der Waals surface area contributed by atoms with Crippen LogP contribution in [0.1, 0.15) is 16.7 Å². The minimum Gasteiger partial charge on any atom is -0.467 e. The monoisotopic (exact) mass is 401 g/mol. The molecule has 0 saturated carbocycles. The molecule has 150 valence electrons. The summed E-state index contributed by atoms with van der Waals surface area (Å²) in [6.45, 7) is 0. The highest BCUT2D eigenvalue weighted by atomic mass is 19.4. The Morgan fingerprint density at radius 3 is 2.25 bits per heavy atom. The summed E-state index contributed by atoms with van der Waals surface area (Å²) in [5.41, 5.74) is -1.14. The van der Waals surface area contributed by atoms with E-state index in [4.69, 9.17) is 0 Å². The van der Waals surface area contributed by atoms with Crippen LogP contribution >= 0.6 is 0 Å². The molecule has 0 bridgehead atoms. The number of hydrogen-bond acceptors (Lipinski definition) is 3. The van der Waals surface area contributed by atoms with Gasteiger partial charge in [0.15, 0.2) is 0 Å². The first-order chi connectivity index (χ1) is 13.1. The van der Waals surface area contributed by atoms with Crippen molar-refractivity contribution in [2.75, 3.05) is 7.11 Å². The van der Waals surface area contributed by atoms with Crippen molar-refractivity contribution >= 4 is 11.9 Å². The zero-order valence-corrected chi connectivity index (χ0v) is 14.6. The van der Waals surface area contributed by atoms with Gasteiger partial charge in [-0.3, -0.25) is 4.79 Å². The number of amides is 1. The number of nitrogens with one attached hydrogen (secondary N) is 1. The molecule has 0 heterocycles. The van der Waals surface area contributed by atoms with E-state index in [1.807, 2.05) is 0 Å². The lowest BCUT2D eigenvalue weighted by Crippen LogP contribution is -2.44. The molecule has 2 rings (SSSR count). The van der Waals surface area contributed by atoms with Gasteiger partial charge in [-0.2, -0.15) is 13.2 Å². The van der Waals surface area contributed by atoms with Crippen LogP contribution in [0.4, 0.5) is 22.0 Å². The maximum absolute atomic E-state index is 13.2. The van der Waals surface area contributed by atoms with Crippen molar-refractivity contribution in [1.29, 1.82) is 0 Å². The average Bonchev–Trinajstić information content (AvgIpc) is 2.59. The molecule has 0 saturated heterocycles. The molecule has 0 aliphatic carbocycles. The number of methoxy groups -OCH3 is 1. The fourth-order valence-electron chi connectivity index (χ4n) is 2.67. The van der Waals surface area contributed by atoms with E-state index in [1.54, 1.807) is 0 Å². The summed E-state index contributed by atoms with van der Waals surface area (Å²) in [7, 11) is 1.03. The number of benzene rings is 2. The van der Waals surface area contributed by atoms with Crippen LogP contribution in [-0.4, -0.2) is 25.0 Å². The Labute approximate surface area is 157 Å². The molecule has 1 amide bonds. The molecule has 2 aromatic carbocycles. The van der Waals surface area contributed by atoms with Gasteiger partial charge in [-0.05, 0) is 29.3 Å². The van der Waals surface area contributed by atoms with Crippen LogP contribution in [0, 0.1) is 11.6 Å². The van der Waals surface area contributed by atoms with Crippen molar-refractivity contribution in [3.8, 4) is 0 Å². The second-order valence-corrected chi connectivity index (χ2v) is 5.96. The van der Waals surface area contributed by atoms with Gasteiger partial charge in [0.2, 0.25) is 5.91 Å². The van der Waals surface area contributed by atoms with E-state index >= 15 is 0 Å². The van der Waals surface area contributed by atoms with Gasteiger partial charge in [0, 0.05) is 12.5 Å². The van der Waals surface area contributed by atoms with E-state index in [9.17, 15) is 31.5 Å². The molecule has 0 aliphatic rings. The van der Waals surface area contributed by atoms with Crippen LogP contribution in [0.3, 0.4) is 0 Å². The number of alkyl halides is 3. The molecule has 28 heavy (non-hydrogen) atoms. The van der Waals surface area contributed by atoms with E-state index < -0.39 is 54.1 Å².